The van der Waals surface area contributed by atoms with E-state index in [0.29, 0.717) is 24.3 Å². The van der Waals surface area contributed by atoms with Crippen molar-refractivity contribution < 1.29 is 48.0 Å². The van der Waals surface area contributed by atoms with E-state index in [0.717, 1.165) is 11.1 Å². The Labute approximate surface area is 298 Å². The predicted octanol–water partition coefficient (Wildman–Crippen LogP) is 4.31. The summed E-state index contributed by atoms with van der Waals surface area (Å²) in [5.41, 5.74) is -0.868. The summed E-state index contributed by atoms with van der Waals surface area (Å²) in [4.78, 5) is 55.7. The molecule has 0 aromatic heterocycles. The fraction of sp³-hybridized carbons (Fsp3) is 0.611. The first-order chi connectivity index (χ1) is 23.5. The highest BCUT2D eigenvalue weighted by Crippen LogP contribution is 2.49. The number of methoxy groups -OCH3 is 2. The van der Waals surface area contributed by atoms with Gasteiger partial charge in [0.15, 0.2) is 5.72 Å². The van der Waals surface area contributed by atoms with Crippen LogP contribution in [0.3, 0.4) is 0 Å². The summed E-state index contributed by atoms with van der Waals surface area (Å²) in [6.45, 7) is 8.88. The number of amides is 3. The molecule has 4 rings (SSSR count). The van der Waals surface area contributed by atoms with Crippen LogP contribution in [0.2, 0.25) is 5.02 Å². The molecule has 2 N–H and O–H groups in total. The number of allylic oxidation sites excluding steroid dienone is 3. The van der Waals surface area contributed by atoms with Gasteiger partial charge in [-0.2, -0.15) is 0 Å². The van der Waals surface area contributed by atoms with Crippen molar-refractivity contribution in [2.24, 2.45) is 5.92 Å². The molecule has 0 spiro atoms. The number of aliphatic hydroxyl groups is 1. The monoisotopic (exact) mass is 719 g/mol. The summed E-state index contributed by atoms with van der Waals surface area (Å²) >= 11 is 6.74. The summed E-state index contributed by atoms with van der Waals surface area (Å²) in [6.07, 6.45) is 1.91. The number of alkyl carbamates (subject to hydrolysis) is 1. The van der Waals surface area contributed by atoms with Crippen molar-refractivity contribution in [2.75, 3.05) is 33.2 Å². The topological polar surface area (TPSA) is 156 Å². The molecule has 1 aromatic carbocycles. The maximum Gasteiger partial charge on any atom is 0.409 e. The van der Waals surface area contributed by atoms with E-state index in [1.54, 1.807) is 52.1 Å². The molecular formula is C36H50ClN3O10. The van der Waals surface area contributed by atoms with Crippen molar-refractivity contribution in [3.8, 4) is 5.75 Å². The van der Waals surface area contributed by atoms with E-state index in [1.807, 2.05) is 19.9 Å². The quantitative estimate of drug-likeness (QED) is 0.308. The lowest BCUT2D eigenvalue weighted by atomic mass is 9.83. The Bertz CT molecular complexity index is 1530. The molecule has 0 radical (unpaired) electrons. The lowest BCUT2D eigenvalue weighted by Gasteiger charge is -2.42. The van der Waals surface area contributed by atoms with E-state index < -0.39 is 65.7 Å². The zero-order chi connectivity index (χ0) is 37.1. The van der Waals surface area contributed by atoms with Crippen LogP contribution in [0.15, 0.2) is 35.9 Å². The first kappa shape index (κ1) is 39.1. The van der Waals surface area contributed by atoms with Crippen LogP contribution in [-0.4, -0.2) is 104 Å². The van der Waals surface area contributed by atoms with E-state index in [2.05, 4.69) is 5.32 Å². The molecule has 3 aliphatic rings. The molecule has 13 nitrogen and oxygen atoms in total. The minimum absolute atomic E-state index is 0.0426. The van der Waals surface area contributed by atoms with Crippen LogP contribution >= 0.6 is 11.6 Å². The van der Waals surface area contributed by atoms with Crippen LogP contribution in [0.1, 0.15) is 65.9 Å². The molecule has 2 saturated heterocycles. The average molecular weight is 720 g/mol. The van der Waals surface area contributed by atoms with E-state index in [-0.39, 0.29) is 30.2 Å². The molecule has 4 bridgehead atoms. The van der Waals surface area contributed by atoms with Gasteiger partial charge in [0.2, 0.25) is 11.8 Å². The molecule has 8 atom stereocenters. The number of nitrogens with zero attached hydrogens (tertiary/aromatic N) is 2. The Hall–Kier alpha value is -3.65. The Balaban J connectivity index is 1.78. The Morgan fingerprint density at radius 3 is 2.60 bits per heavy atom. The maximum absolute atomic E-state index is 14.0. The number of likely N-dealkylation sites (N-methyl/N-ethyl adjacent to an activating group) is 1. The van der Waals surface area contributed by atoms with Gasteiger partial charge in [-0.1, -0.05) is 49.2 Å². The largest absolute Gasteiger partial charge is 0.495 e. The number of esters is 1. The third kappa shape index (κ3) is 8.28. The highest BCUT2D eigenvalue weighted by molar-refractivity contribution is 6.35. The first-order valence-electron chi connectivity index (χ1n) is 16.8. The molecule has 1 aromatic rings. The standard InChI is InChI=1S/C36H50ClN3O10/c1-10-12-29(41)39(6)22(4)33(43)49-28-18-30(42)40(7)24-16-23(17-25(46-8)31(24)37)15-20(2)13-11-14-27(47-9)36(45)19-26(48-34(44)38-36)21(3)32-35(28,5)50-32/h11,13-14,16-17,21-22,26-28,32,45H,10,12,15,18-19H2,1-9H3,(H,38,44)/b14-11+,20-13+. The van der Waals surface area contributed by atoms with E-state index in [4.69, 9.17) is 35.3 Å². The van der Waals surface area contributed by atoms with Crippen molar-refractivity contribution in [3.63, 3.8) is 0 Å². The highest BCUT2D eigenvalue weighted by atomic mass is 35.5. The second-order valence-corrected chi connectivity index (χ2v) is 14.0. The molecule has 3 heterocycles. The van der Waals surface area contributed by atoms with Gasteiger partial charge in [-0.3, -0.25) is 14.9 Å². The number of epoxide rings is 1. The highest BCUT2D eigenvalue weighted by Gasteiger charge is 2.64. The Morgan fingerprint density at radius 2 is 1.96 bits per heavy atom. The van der Waals surface area contributed by atoms with Gasteiger partial charge >= 0.3 is 12.1 Å². The van der Waals surface area contributed by atoms with Crippen LogP contribution in [0.4, 0.5) is 10.5 Å². The van der Waals surface area contributed by atoms with Crippen LogP contribution in [-0.2, 0) is 39.8 Å². The lowest BCUT2D eigenvalue weighted by Crippen LogP contribution is -2.63. The predicted molar refractivity (Wildman–Crippen MR) is 186 cm³/mol. The fourth-order valence-electron chi connectivity index (χ4n) is 6.61. The molecule has 50 heavy (non-hydrogen) atoms. The van der Waals surface area contributed by atoms with Gasteiger partial charge in [0.05, 0.1) is 25.3 Å². The van der Waals surface area contributed by atoms with Gasteiger partial charge < -0.3 is 38.6 Å². The molecule has 2 fully saturated rings. The number of benzene rings is 1. The smallest absolute Gasteiger partial charge is 0.409 e. The molecule has 14 heteroatoms. The molecule has 8 unspecified atom stereocenters. The number of hydrogen-bond acceptors (Lipinski definition) is 10. The van der Waals surface area contributed by atoms with E-state index in [9.17, 15) is 24.3 Å². The molecular weight excluding hydrogens is 670 g/mol. The third-order valence-electron chi connectivity index (χ3n) is 9.99. The van der Waals surface area contributed by atoms with Crippen molar-refractivity contribution in [1.82, 2.24) is 10.2 Å². The fourth-order valence-corrected chi connectivity index (χ4v) is 6.92. The number of ether oxygens (including phenoxy) is 5. The normalized spacial score (nSPS) is 32.3. The maximum atomic E-state index is 14.0. The Morgan fingerprint density at radius 1 is 1.26 bits per heavy atom. The first-order valence-corrected chi connectivity index (χ1v) is 17.2. The molecule has 0 saturated carbocycles. The van der Waals surface area contributed by atoms with Gasteiger partial charge in [0.25, 0.3) is 0 Å². The summed E-state index contributed by atoms with van der Waals surface area (Å²) in [5.74, 6) is -1.49. The average Bonchev–Trinajstić information content (AvgIpc) is 3.76. The SMILES string of the molecule is CCCC(=O)N(C)C(C)C(=O)OC1CC(=O)N(C)c2cc(cc(OC)c2Cl)C/C(C)=C/C=C/C(OC)C2(O)CC(OC(=O)N2)C(C)C2OC12C. The van der Waals surface area contributed by atoms with Crippen molar-refractivity contribution in [2.45, 2.75) is 109 Å². The zero-order valence-corrected chi connectivity index (χ0v) is 31.0. The number of carbonyl (C=O) groups is 4. The van der Waals surface area contributed by atoms with Crippen molar-refractivity contribution in [3.05, 3.63) is 46.5 Å². The van der Waals surface area contributed by atoms with E-state index >= 15 is 0 Å². The molecule has 3 aliphatic heterocycles. The molecule has 0 aliphatic carbocycles. The number of hydrogen-bond donors (Lipinski definition) is 2. The van der Waals surface area contributed by atoms with Crippen molar-refractivity contribution in [1.29, 1.82) is 0 Å². The lowest BCUT2D eigenvalue weighted by molar-refractivity contribution is -0.162. The summed E-state index contributed by atoms with van der Waals surface area (Å²) in [5, 5.41) is 14.4. The van der Waals surface area contributed by atoms with Gasteiger partial charge in [-0.25, -0.2) is 9.59 Å². The number of fused-ring (bicyclic) bond motifs is 5. The van der Waals surface area contributed by atoms with Crippen LogP contribution < -0.4 is 15.0 Å². The summed E-state index contributed by atoms with van der Waals surface area (Å²) < 4.78 is 29.1. The van der Waals surface area contributed by atoms with Crippen molar-refractivity contribution >= 4 is 41.2 Å². The minimum Gasteiger partial charge on any atom is -0.495 e. The van der Waals surface area contributed by atoms with Crippen LogP contribution in [0.25, 0.3) is 0 Å². The number of halogens is 1. The van der Waals surface area contributed by atoms with Crippen LogP contribution in [0, 0.1) is 5.92 Å². The van der Waals surface area contributed by atoms with E-state index in [1.165, 1.54) is 31.1 Å². The summed E-state index contributed by atoms with van der Waals surface area (Å²) in [7, 11) is 6.03. The van der Waals surface area contributed by atoms with Gasteiger partial charge in [0, 0.05) is 40.0 Å². The molecule has 3 amide bonds. The van der Waals surface area contributed by atoms with Crippen LogP contribution in [0.5, 0.6) is 5.75 Å². The number of rotatable bonds is 7. The third-order valence-corrected chi connectivity index (χ3v) is 10.4. The van der Waals surface area contributed by atoms with Gasteiger partial charge in [-0.05, 0) is 51.3 Å². The van der Waals surface area contributed by atoms with Gasteiger partial charge in [-0.15, -0.1) is 0 Å². The summed E-state index contributed by atoms with van der Waals surface area (Å²) in [6, 6.07) is 2.65. The molecule has 276 valence electrons. The second-order valence-electron chi connectivity index (χ2n) is 13.7. The van der Waals surface area contributed by atoms with Gasteiger partial charge in [0.1, 0.15) is 40.7 Å². The zero-order valence-electron chi connectivity index (χ0n) is 30.3. The minimum atomic E-state index is -1.82. The number of carbonyl (C=O) groups excluding carboxylic acids is 4. The number of anilines is 1. The number of nitrogens with one attached hydrogen (secondary N) is 1. The second kappa shape index (κ2) is 15.7. The Kier molecular flexibility index (Phi) is 12.3.